The van der Waals surface area contributed by atoms with Crippen LogP contribution in [0.2, 0.25) is 0 Å². The van der Waals surface area contributed by atoms with Crippen molar-refractivity contribution in [2.75, 3.05) is 7.11 Å². The van der Waals surface area contributed by atoms with Crippen LogP contribution in [-0.4, -0.2) is 23.0 Å². The van der Waals surface area contributed by atoms with E-state index in [9.17, 15) is 4.79 Å². The van der Waals surface area contributed by atoms with Crippen LogP contribution in [0.15, 0.2) is 46.6 Å². The van der Waals surface area contributed by atoms with Crippen LogP contribution in [0.3, 0.4) is 0 Å². The van der Waals surface area contributed by atoms with E-state index in [1.165, 1.54) is 23.8 Å². The second-order valence-electron chi connectivity index (χ2n) is 5.93. The Labute approximate surface area is 155 Å². The number of esters is 1. The molecule has 124 valence electrons. The van der Waals surface area contributed by atoms with Crippen LogP contribution in [0.5, 0.6) is 0 Å². The Hall–Kier alpha value is -1.89. The van der Waals surface area contributed by atoms with E-state index in [1.54, 1.807) is 0 Å². The number of aromatic nitrogens is 1. The molecule has 0 radical (unpaired) electrons. The lowest BCUT2D eigenvalue weighted by molar-refractivity contribution is -0.141. The maximum atomic E-state index is 11.8. The number of ether oxygens (including phenoxy) is 1. The molecule has 1 aliphatic rings. The van der Waals surface area contributed by atoms with Crippen LogP contribution in [0.4, 0.5) is 0 Å². The molecule has 24 heavy (non-hydrogen) atoms. The predicted molar refractivity (Wildman–Crippen MR) is 102 cm³/mol. The highest BCUT2D eigenvalue weighted by atomic mass is 127. The van der Waals surface area contributed by atoms with Crippen molar-refractivity contribution in [2.24, 2.45) is 0 Å². The molecule has 1 aromatic heterocycles. The molecular formula is C19H19IN2O2. The zero-order chi connectivity index (χ0) is 17.3. The summed E-state index contributed by atoms with van der Waals surface area (Å²) in [5, 5.41) is 0. The van der Waals surface area contributed by atoms with Gasteiger partial charge in [-0.05, 0) is 64.8 Å². The number of carbonyl (C=O) groups is 1. The van der Waals surface area contributed by atoms with Gasteiger partial charge in [0, 0.05) is 24.2 Å². The van der Waals surface area contributed by atoms with Gasteiger partial charge in [-0.15, -0.1) is 0 Å². The molecule has 0 spiro atoms. The topological polar surface area (TPSA) is 42.2 Å². The van der Waals surface area contributed by atoms with Crippen molar-refractivity contribution in [2.45, 2.75) is 26.3 Å². The molecule has 0 amide bonds. The number of hydrogen-bond donors (Lipinski definition) is 0. The normalized spacial score (nSPS) is 14.2. The number of pyridine rings is 1. The smallest absolute Gasteiger partial charge is 0.307 e. The van der Waals surface area contributed by atoms with E-state index in [-0.39, 0.29) is 12.0 Å². The monoisotopic (exact) mass is 434 g/mol. The third-order valence-electron chi connectivity index (χ3n) is 4.26. The van der Waals surface area contributed by atoms with Gasteiger partial charge in [0.05, 0.1) is 23.3 Å². The number of rotatable bonds is 5. The van der Waals surface area contributed by atoms with Gasteiger partial charge in [0.25, 0.3) is 0 Å². The zero-order valence-electron chi connectivity index (χ0n) is 13.9. The third-order valence-corrected chi connectivity index (χ3v) is 5.10. The van der Waals surface area contributed by atoms with E-state index < -0.39 is 0 Å². The largest absolute Gasteiger partial charge is 0.469 e. The van der Waals surface area contributed by atoms with Gasteiger partial charge in [-0.3, -0.25) is 9.78 Å². The van der Waals surface area contributed by atoms with Gasteiger partial charge in [0.2, 0.25) is 0 Å². The molecule has 0 aliphatic carbocycles. The number of aryl methyl sites for hydroxylation is 2. The van der Waals surface area contributed by atoms with Crippen molar-refractivity contribution in [3.8, 4) is 11.1 Å². The molecule has 1 aromatic carbocycles. The fourth-order valence-electron chi connectivity index (χ4n) is 2.99. The minimum absolute atomic E-state index is 0.0684. The third kappa shape index (κ3) is 3.45. The molecule has 0 bridgehead atoms. The summed E-state index contributed by atoms with van der Waals surface area (Å²) in [6.07, 6.45) is 6.05. The molecular weight excluding hydrogens is 415 g/mol. The highest BCUT2D eigenvalue weighted by Gasteiger charge is 2.31. The molecule has 4 nitrogen and oxygen atoms in total. The molecule has 0 fully saturated rings. The summed E-state index contributed by atoms with van der Waals surface area (Å²) in [6, 6.07) is 8.34. The molecule has 2 heterocycles. The van der Waals surface area contributed by atoms with Gasteiger partial charge in [-0.2, -0.15) is 0 Å². The van der Waals surface area contributed by atoms with Crippen LogP contribution in [0.25, 0.3) is 11.1 Å². The second-order valence-corrected chi connectivity index (χ2v) is 7.03. The lowest BCUT2D eigenvalue weighted by Gasteiger charge is -2.20. The van der Waals surface area contributed by atoms with Crippen molar-refractivity contribution < 1.29 is 9.53 Å². The molecule has 2 aromatic rings. The lowest BCUT2D eigenvalue weighted by Crippen LogP contribution is -2.16. The average molecular weight is 434 g/mol. The summed E-state index contributed by atoms with van der Waals surface area (Å²) in [6.45, 7) is 4.21. The summed E-state index contributed by atoms with van der Waals surface area (Å²) in [5.74, 6) is -0.220. The summed E-state index contributed by atoms with van der Waals surface area (Å²) < 4.78 is 5.99. The van der Waals surface area contributed by atoms with Crippen LogP contribution >= 0.6 is 22.6 Å². The molecule has 3 rings (SSSR count). The Morgan fingerprint density at radius 3 is 2.54 bits per heavy atom. The van der Waals surface area contributed by atoms with Gasteiger partial charge in [-0.25, -0.2) is 0 Å². The summed E-state index contributed by atoms with van der Waals surface area (Å²) in [4.78, 5) is 18.3. The SMILES string of the molecule is COC(=O)C[C@@H](c1cncc(-c2c(C)cccc2C)c1)N1C=C1I. The fraction of sp³-hybridized carbons (Fsp3) is 0.263. The standard InChI is InChI=1S/C19H19IN2O2/c1-12-5-4-6-13(2)19(12)15-7-14(9-21-10-15)16(8-18(23)24-3)22-11-17(22)20/h4-7,9-11,16H,8H2,1-3H3/t16-,22?/m0/s1. The quantitative estimate of drug-likeness (QED) is 0.394. The molecule has 0 saturated carbocycles. The van der Waals surface area contributed by atoms with Crippen molar-refractivity contribution >= 4 is 28.6 Å². The van der Waals surface area contributed by atoms with Gasteiger partial charge in [0.1, 0.15) is 0 Å². The summed E-state index contributed by atoms with van der Waals surface area (Å²) in [5.41, 5.74) is 5.74. The van der Waals surface area contributed by atoms with E-state index in [2.05, 4.69) is 70.6 Å². The van der Waals surface area contributed by atoms with Gasteiger partial charge in [0.15, 0.2) is 0 Å². The second kappa shape index (κ2) is 6.93. The van der Waals surface area contributed by atoms with E-state index in [0.29, 0.717) is 6.42 Å². The van der Waals surface area contributed by atoms with Crippen LogP contribution in [0, 0.1) is 13.8 Å². The molecule has 0 N–H and O–H groups in total. The van der Waals surface area contributed by atoms with E-state index in [1.807, 2.05) is 18.6 Å². The van der Waals surface area contributed by atoms with Gasteiger partial charge >= 0.3 is 5.97 Å². The number of nitrogens with zero attached hydrogens (tertiary/aromatic N) is 2. The maximum Gasteiger partial charge on any atom is 0.307 e. The number of methoxy groups -OCH3 is 1. The lowest BCUT2D eigenvalue weighted by atomic mass is 9.94. The minimum Gasteiger partial charge on any atom is -0.469 e. The Morgan fingerprint density at radius 2 is 1.96 bits per heavy atom. The Morgan fingerprint density at radius 1 is 1.29 bits per heavy atom. The van der Waals surface area contributed by atoms with Crippen LogP contribution in [-0.2, 0) is 9.53 Å². The maximum absolute atomic E-state index is 11.8. The van der Waals surface area contributed by atoms with Gasteiger partial charge < -0.3 is 9.64 Å². The van der Waals surface area contributed by atoms with E-state index in [4.69, 9.17) is 4.74 Å². The van der Waals surface area contributed by atoms with Gasteiger partial charge in [-0.1, -0.05) is 18.2 Å². The number of halogens is 1. The minimum atomic E-state index is -0.220. The Balaban J connectivity index is 1.98. The highest BCUT2D eigenvalue weighted by molar-refractivity contribution is 14.1. The molecule has 1 aliphatic heterocycles. The van der Waals surface area contributed by atoms with E-state index in [0.717, 1.165) is 14.8 Å². The van der Waals surface area contributed by atoms with Crippen molar-refractivity contribution in [1.29, 1.82) is 0 Å². The zero-order valence-corrected chi connectivity index (χ0v) is 16.1. The Bertz CT molecular complexity index is 797. The highest BCUT2D eigenvalue weighted by Crippen LogP contribution is 2.41. The average Bonchev–Trinajstić information content (AvgIpc) is 3.29. The van der Waals surface area contributed by atoms with Crippen molar-refractivity contribution in [3.05, 3.63) is 63.3 Å². The molecule has 0 unspecified atom stereocenters. The van der Waals surface area contributed by atoms with E-state index >= 15 is 0 Å². The first-order valence-electron chi connectivity index (χ1n) is 7.75. The first kappa shape index (κ1) is 17.0. The first-order valence-corrected chi connectivity index (χ1v) is 8.83. The number of carbonyl (C=O) groups excluding carboxylic acids is 1. The van der Waals surface area contributed by atoms with Crippen LogP contribution in [0.1, 0.15) is 29.2 Å². The summed E-state index contributed by atoms with van der Waals surface area (Å²) in [7, 11) is 1.42. The number of benzene rings is 1. The summed E-state index contributed by atoms with van der Waals surface area (Å²) >= 11 is 2.26. The number of hydrogen-bond acceptors (Lipinski definition) is 4. The van der Waals surface area contributed by atoms with Crippen molar-refractivity contribution in [3.63, 3.8) is 0 Å². The van der Waals surface area contributed by atoms with Crippen LogP contribution < -0.4 is 0 Å². The Kier molecular flexibility index (Phi) is 4.89. The molecule has 0 saturated heterocycles. The first-order chi connectivity index (χ1) is 11.5. The fourth-order valence-corrected chi connectivity index (χ4v) is 3.63. The van der Waals surface area contributed by atoms with Crippen molar-refractivity contribution in [1.82, 2.24) is 9.88 Å². The molecule has 1 atom stereocenters. The predicted octanol–water partition coefficient (Wildman–Crippen LogP) is 4.52. The molecule has 5 heteroatoms.